The maximum Gasteiger partial charge on any atom is 0.442 e. The van der Waals surface area contributed by atoms with E-state index in [-0.39, 0.29) is 30.0 Å². The highest BCUT2D eigenvalue weighted by Crippen LogP contribution is 2.13. The first-order valence-corrected chi connectivity index (χ1v) is 9.98. The molecule has 1 amide bonds. The molecule has 0 bridgehead atoms. The number of ketones is 1. The van der Waals surface area contributed by atoms with Crippen molar-refractivity contribution >= 4 is 17.8 Å². The Morgan fingerprint density at radius 2 is 1.87 bits per heavy atom. The van der Waals surface area contributed by atoms with Crippen molar-refractivity contribution in [1.29, 1.82) is 0 Å². The first-order valence-electron chi connectivity index (χ1n) is 9.98. The van der Waals surface area contributed by atoms with Crippen LogP contribution in [-0.2, 0) is 16.1 Å². The van der Waals surface area contributed by atoms with Gasteiger partial charge in [-0.2, -0.15) is 0 Å². The number of nitrogens with one attached hydrogen (secondary N) is 1. The van der Waals surface area contributed by atoms with Crippen molar-refractivity contribution in [3.8, 4) is 11.5 Å². The van der Waals surface area contributed by atoms with Crippen molar-refractivity contribution in [3.63, 3.8) is 0 Å². The maximum atomic E-state index is 13.0. The molecule has 160 valence electrons. The molecule has 0 saturated heterocycles. The topological polar surface area (TPSA) is 107 Å². The van der Waals surface area contributed by atoms with E-state index in [9.17, 15) is 14.4 Å². The molecule has 3 rings (SSSR count). The van der Waals surface area contributed by atoms with Crippen LogP contribution < -0.4 is 11.1 Å². The third-order valence-corrected chi connectivity index (χ3v) is 4.53. The van der Waals surface area contributed by atoms with Crippen LogP contribution in [0.5, 0.6) is 0 Å². The SMILES string of the molecule is CC(C)CC(NC(=O)/C=C/c1ccccc1)C(=O)Cn1c(-c2ccccn2)noc1=O. The van der Waals surface area contributed by atoms with Crippen LogP contribution in [0.4, 0.5) is 0 Å². The van der Waals surface area contributed by atoms with E-state index in [2.05, 4.69) is 15.5 Å². The number of aromatic nitrogens is 3. The van der Waals surface area contributed by atoms with E-state index < -0.39 is 11.8 Å². The van der Waals surface area contributed by atoms with E-state index in [0.29, 0.717) is 12.1 Å². The molecule has 1 aromatic carbocycles. The lowest BCUT2D eigenvalue weighted by Crippen LogP contribution is -2.43. The maximum absolute atomic E-state index is 13.0. The summed E-state index contributed by atoms with van der Waals surface area (Å²) in [6.07, 6.45) is 5.06. The molecule has 1 unspecified atom stereocenters. The quantitative estimate of drug-likeness (QED) is 0.534. The zero-order valence-corrected chi connectivity index (χ0v) is 17.4. The fourth-order valence-electron chi connectivity index (χ4n) is 3.05. The van der Waals surface area contributed by atoms with Gasteiger partial charge < -0.3 is 5.32 Å². The number of pyridine rings is 1. The molecule has 0 radical (unpaired) electrons. The molecular formula is C23H24N4O4. The van der Waals surface area contributed by atoms with Gasteiger partial charge >= 0.3 is 5.76 Å². The predicted octanol–water partition coefficient (Wildman–Crippen LogP) is 2.71. The van der Waals surface area contributed by atoms with Gasteiger partial charge in [0.1, 0.15) is 5.69 Å². The van der Waals surface area contributed by atoms with Gasteiger partial charge in [-0.15, -0.1) is 0 Å². The van der Waals surface area contributed by atoms with Gasteiger partial charge in [-0.3, -0.25) is 19.1 Å². The van der Waals surface area contributed by atoms with E-state index in [4.69, 9.17) is 4.52 Å². The van der Waals surface area contributed by atoms with Crippen molar-refractivity contribution in [2.24, 2.45) is 5.92 Å². The molecule has 3 aromatic rings. The van der Waals surface area contributed by atoms with Crippen LogP contribution in [0.3, 0.4) is 0 Å². The van der Waals surface area contributed by atoms with Gasteiger partial charge in [0.2, 0.25) is 11.7 Å². The molecule has 8 nitrogen and oxygen atoms in total. The molecule has 31 heavy (non-hydrogen) atoms. The van der Waals surface area contributed by atoms with Gasteiger partial charge in [0.05, 0.1) is 12.6 Å². The minimum Gasteiger partial charge on any atom is -0.343 e. The number of benzene rings is 1. The molecule has 0 saturated carbocycles. The minimum absolute atomic E-state index is 0.154. The second-order valence-corrected chi connectivity index (χ2v) is 7.47. The standard InChI is InChI=1S/C23H24N4O4/c1-16(2)14-19(25-21(29)12-11-17-8-4-3-5-9-17)20(28)15-27-22(26-31-23(27)30)18-10-6-7-13-24-18/h3-13,16,19H,14-15H2,1-2H3,(H,25,29)/b12-11+. The Hall–Kier alpha value is -3.81. The zero-order chi connectivity index (χ0) is 22.2. The Balaban J connectivity index is 1.75. The van der Waals surface area contributed by atoms with Gasteiger partial charge in [-0.25, -0.2) is 9.36 Å². The molecule has 0 aliphatic heterocycles. The number of carbonyl (C=O) groups excluding carboxylic acids is 2. The third-order valence-electron chi connectivity index (χ3n) is 4.53. The lowest BCUT2D eigenvalue weighted by Gasteiger charge is -2.19. The molecule has 0 aliphatic rings. The Bertz CT molecular complexity index is 1100. The first kappa shape index (κ1) is 21.9. The largest absolute Gasteiger partial charge is 0.442 e. The monoisotopic (exact) mass is 420 g/mol. The molecule has 1 N–H and O–H groups in total. The van der Waals surface area contributed by atoms with Crippen LogP contribution in [0.1, 0.15) is 25.8 Å². The number of hydrogen-bond donors (Lipinski definition) is 1. The van der Waals surface area contributed by atoms with Gasteiger partial charge in [0.25, 0.3) is 0 Å². The second kappa shape index (κ2) is 10.3. The smallest absolute Gasteiger partial charge is 0.343 e. The summed E-state index contributed by atoms with van der Waals surface area (Å²) in [4.78, 5) is 41.7. The third kappa shape index (κ3) is 6.08. The van der Waals surface area contributed by atoms with Crippen LogP contribution in [0.25, 0.3) is 17.6 Å². The average molecular weight is 420 g/mol. The molecule has 0 spiro atoms. The van der Waals surface area contributed by atoms with Crippen LogP contribution in [-0.4, -0.2) is 32.4 Å². The molecule has 0 aliphatic carbocycles. The lowest BCUT2D eigenvalue weighted by atomic mass is 10.00. The Morgan fingerprint density at radius 1 is 1.13 bits per heavy atom. The Labute approximate surface area is 179 Å². The fourth-order valence-corrected chi connectivity index (χ4v) is 3.05. The predicted molar refractivity (Wildman–Crippen MR) is 116 cm³/mol. The normalized spacial score (nSPS) is 12.2. The highest BCUT2D eigenvalue weighted by atomic mass is 16.5. The number of carbonyl (C=O) groups is 2. The summed E-state index contributed by atoms with van der Waals surface area (Å²) >= 11 is 0. The zero-order valence-electron chi connectivity index (χ0n) is 17.4. The summed E-state index contributed by atoms with van der Waals surface area (Å²) < 4.78 is 5.88. The van der Waals surface area contributed by atoms with Crippen LogP contribution in [0, 0.1) is 5.92 Å². The lowest BCUT2D eigenvalue weighted by molar-refractivity contribution is -0.126. The molecular weight excluding hydrogens is 396 g/mol. The highest BCUT2D eigenvalue weighted by molar-refractivity contribution is 5.96. The highest BCUT2D eigenvalue weighted by Gasteiger charge is 2.24. The summed E-state index contributed by atoms with van der Waals surface area (Å²) in [6, 6.07) is 13.8. The van der Waals surface area contributed by atoms with Crippen LogP contribution in [0.15, 0.2) is 70.1 Å². The molecule has 2 heterocycles. The van der Waals surface area contributed by atoms with Crippen molar-refractivity contribution in [2.75, 3.05) is 0 Å². The number of rotatable bonds is 9. The summed E-state index contributed by atoms with van der Waals surface area (Å²) in [6.45, 7) is 3.63. The Kier molecular flexibility index (Phi) is 7.26. The molecule has 2 aromatic heterocycles. The minimum atomic E-state index is -0.758. The van der Waals surface area contributed by atoms with E-state index >= 15 is 0 Å². The van der Waals surface area contributed by atoms with E-state index in [1.807, 2.05) is 44.2 Å². The number of hydrogen-bond acceptors (Lipinski definition) is 6. The van der Waals surface area contributed by atoms with Gasteiger partial charge in [0.15, 0.2) is 5.78 Å². The van der Waals surface area contributed by atoms with Crippen molar-refractivity contribution in [3.05, 3.63) is 76.9 Å². The van der Waals surface area contributed by atoms with E-state index in [1.165, 1.54) is 6.08 Å². The van der Waals surface area contributed by atoms with Crippen LogP contribution >= 0.6 is 0 Å². The van der Waals surface area contributed by atoms with Gasteiger partial charge in [-0.1, -0.05) is 55.4 Å². The van der Waals surface area contributed by atoms with E-state index in [1.54, 1.807) is 30.5 Å². The number of amides is 1. The summed E-state index contributed by atoms with van der Waals surface area (Å²) in [5.74, 6) is -1.14. The second-order valence-electron chi connectivity index (χ2n) is 7.47. The average Bonchev–Trinajstić information content (AvgIpc) is 3.13. The van der Waals surface area contributed by atoms with Crippen molar-refractivity contribution in [2.45, 2.75) is 32.9 Å². The van der Waals surface area contributed by atoms with Crippen LogP contribution in [0.2, 0.25) is 0 Å². The molecule has 0 fully saturated rings. The molecule has 1 atom stereocenters. The van der Waals surface area contributed by atoms with Gasteiger partial charge in [0, 0.05) is 12.3 Å². The summed E-state index contributed by atoms with van der Waals surface area (Å²) in [5, 5.41) is 6.50. The van der Waals surface area contributed by atoms with Gasteiger partial charge in [-0.05, 0) is 36.1 Å². The van der Waals surface area contributed by atoms with E-state index in [0.717, 1.165) is 10.1 Å². The first-order chi connectivity index (χ1) is 14.9. The van der Waals surface area contributed by atoms with Crippen molar-refractivity contribution < 1.29 is 14.1 Å². The summed E-state index contributed by atoms with van der Waals surface area (Å²) in [5.41, 5.74) is 1.29. The number of nitrogens with zero attached hydrogens (tertiary/aromatic N) is 3. The molecule has 8 heteroatoms. The fraction of sp³-hybridized carbons (Fsp3) is 0.261. The Morgan fingerprint density at radius 3 is 2.55 bits per heavy atom. The van der Waals surface area contributed by atoms with Crippen molar-refractivity contribution in [1.82, 2.24) is 20.0 Å². The number of Topliss-reactive ketones (excluding diaryl/α,β-unsaturated/α-hetero) is 1. The summed E-state index contributed by atoms with van der Waals surface area (Å²) in [7, 11) is 0.